The predicted molar refractivity (Wildman–Crippen MR) is 71.2 cm³/mol. The third-order valence-electron chi connectivity index (χ3n) is 2.54. The Hall–Kier alpha value is -1.88. The van der Waals surface area contributed by atoms with Crippen LogP contribution in [0.4, 0.5) is 4.39 Å². The summed E-state index contributed by atoms with van der Waals surface area (Å²) in [6.45, 7) is 2.24. The summed E-state index contributed by atoms with van der Waals surface area (Å²) in [5.74, 6) is -0.579. The van der Waals surface area contributed by atoms with E-state index in [4.69, 9.17) is 9.84 Å². The maximum atomic E-state index is 13.4. The maximum absolute atomic E-state index is 13.4. The molecule has 4 nitrogen and oxygen atoms in total. The monoisotopic (exact) mass is 267 g/mol. The molecule has 0 aliphatic rings. The highest BCUT2D eigenvalue weighted by molar-refractivity contribution is 5.91. The normalized spacial score (nSPS) is 12.4. The zero-order valence-electron chi connectivity index (χ0n) is 11.0. The van der Waals surface area contributed by atoms with Gasteiger partial charge < -0.3 is 15.2 Å². The Bertz CT molecular complexity index is 460. The van der Waals surface area contributed by atoms with Crippen LogP contribution in [-0.2, 0) is 4.79 Å². The van der Waals surface area contributed by atoms with E-state index < -0.39 is 5.82 Å². The van der Waals surface area contributed by atoms with E-state index in [0.29, 0.717) is 12.1 Å². The molecule has 0 bridgehead atoms. The number of methoxy groups -OCH3 is 1. The summed E-state index contributed by atoms with van der Waals surface area (Å²) in [4.78, 5) is 11.4. The number of rotatable bonds is 6. The van der Waals surface area contributed by atoms with Crippen LogP contribution in [0.3, 0.4) is 0 Å². The quantitative estimate of drug-likeness (QED) is 0.770. The molecule has 0 spiro atoms. The summed E-state index contributed by atoms with van der Waals surface area (Å²) < 4.78 is 18.2. The maximum Gasteiger partial charge on any atom is 0.244 e. The Balaban J connectivity index is 2.56. The number of aliphatic hydroxyl groups excluding tert-OH is 1. The lowest BCUT2D eigenvalue weighted by Gasteiger charge is -2.07. The van der Waals surface area contributed by atoms with E-state index in [2.05, 4.69) is 5.32 Å². The SMILES string of the molecule is COc1ccc(/C=C/C(=O)NCC(C)CO)cc1F. The highest BCUT2D eigenvalue weighted by atomic mass is 19.1. The Morgan fingerprint density at radius 2 is 2.32 bits per heavy atom. The first kappa shape index (κ1) is 15.2. The van der Waals surface area contributed by atoms with Crippen molar-refractivity contribution >= 4 is 12.0 Å². The molecule has 0 saturated heterocycles. The van der Waals surface area contributed by atoms with Crippen molar-refractivity contribution in [2.45, 2.75) is 6.92 Å². The number of benzene rings is 1. The van der Waals surface area contributed by atoms with Gasteiger partial charge in [0, 0.05) is 19.2 Å². The van der Waals surface area contributed by atoms with Gasteiger partial charge in [-0.25, -0.2) is 4.39 Å². The second-order valence-corrected chi connectivity index (χ2v) is 4.26. The van der Waals surface area contributed by atoms with Crippen LogP contribution >= 0.6 is 0 Å². The molecule has 0 saturated carbocycles. The van der Waals surface area contributed by atoms with Gasteiger partial charge in [-0.15, -0.1) is 0 Å². The lowest BCUT2D eigenvalue weighted by atomic mass is 10.2. The zero-order valence-corrected chi connectivity index (χ0v) is 11.0. The van der Waals surface area contributed by atoms with Crippen LogP contribution in [0.5, 0.6) is 5.75 Å². The Morgan fingerprint density at radius 1 is 1.58 bits per heavy atom. The molecule has 1 aromatic rings. The van der Waals surface area contributed by atoms with Crippen molar-refractivity contribution in [3.8, 4) is 5.75 Å². The van der Waals surface area contributed by atoms with Crippen LogP contribution in [0.25, 0.3) is 6.08 Å². The van der Waals surface area contributed by atoms with Crippen LogP contribution in [0.2, 0.25) is 0 Å². The summed E-state index contributed by atoms with van der Waals surface area (Å²) in [5, 5.41) is 11.4. The highest BCUT2D eigenvalue weighted by Gasteiger charge is 2.03. The number of halogens is 1. The lowest BCUT2D eigenvalue weighted by Crippen LogP contribution is -2.27. The number of nitrogens with one attached hydrogen (secondary N) is 1. The largest absolute Gasteiger partial charge is 0.494 e. The molecule has 1 aromatic carbocycles. The number of aliphatic hydroxyl groups is 1. The molecule has 2 N–H and O–H groups in total. The minimum absolute atomic E-state index is 0.00998. The first-order valence-electron chi connectivity index (χ1n) is 5.97. The van der Waals surface area contributed by atoms with Crippen molar-refractivity contribution < 1.29 is 19.0 Å². The van der Waals surface area contributed by atoms with Gasteiger partial charge in [-0.1, -0.05) is 13.0 Å². The number of carbonyl (C=O) groups is 1. The minimum atomic E-state index is -0.473. The molecule has 1 rings (SSSR count). The van der Waals surface area contributed by atoms with Crippen molar-refractivity contribution in [3.05, 3.63) is 35.7 Å². The molecule has 1 atom stereocenters. The number of carbonyl (C=O) groups excluding carboxylic acids is 1. The smallest absolute Gasteiger partial charge is 0.244 e. The number of hydrogen-bond acceptors (Lipinski definition) is 3. The highest BCUT2D eigenvalue weighted by Crippen LogP contribution is 2.18. The Labute approximate surface area is 111 Å². The molecule has 1 amide bonds. The third-order valence-corrected chi connectivity index (χ3v) is 2.54. The van der Waals surface area contributed by atoms with Gasteiger partial charge in [-0.05, 0) is 29.7 Å². The van der Waals surface area contributed by atoms with Crippen molar-refractivity contribution in [2.24, 2.45) is 5.92 Å². The summed E-state index contributed by atoms with van der Waals surface area (Å²) in [7, 11) is 1.39. The van der Waals surface area contributed by atoms with Crippen LogP contribution in [0.15, 0.2) is 24.3 Å². The lowest BCUT2D eigenvalue weighted by molar-refractivity contribution is -0.116. The van der Waals surface area contributed by atoms with Gasteiger partial charge in [-0.2, -0.15) is 0 Å². The van der Waals surface area contributed by atoms with E-state index in [1.807, 2.05) is 6.92 Å². The average molecular weight is 267 g/mol. The van der Waals surface area contributed by atoms with E-state index in [1.165, 1.54) is 31.4 Å². The second kappa shape index (κ2) is 7.53. The Kier molecular flexibility index (Phi) is 6.02. The van der Waals surface area contributed by atoms with Gasteiger partial charge >= 0.3 is 0 Å². The van der Waals surface area contributed by atoms with Crippen LogP contribution in [0.1, 0.15) is 12.5 Å². The van der Waals surface area contributed by atoms with Crippen molar-refractivity contribution in [1.82, 2.24) is 5.32 Å². The van der Waals surface area contributed by atoms with Gasteiger partial charge in [0.25, 0.3) is 0 Å². The fourth-order valence-electron chi connectivity index (χ4n) is 1.36. The zero-order chi connectivity index (χ0) is 14.3. The molecule has 0 fully saturated rings. The first-order valence-corrected chi connectivity index (χ1v) is 5.97. The fraction of sp³-hybridized carbons (Fsp3) is 0.357. The summed E-state index contributed by atoms with van der Waals surface area (Å²) in [5.41, 5.74) is 0.573. The topological polar surface area (TPSA) is 58.6 Å². The second-order valence-electron chi connectivity index (χ2n) is 4.26. The molecule has 0 heterocycles. The van der Waals surface area contributed by atoms with Crippen LogP contribution in [-0.4, -0.2) is 31.3 Å². The molecule has 0 aliphatic carbocycles. The van der Waals surface area contributed by atoms with E-state index in [9.17, 15) is 9.18 Å². The van der Waals surface area contributed by atoms with Gasteiger partial charge in [0.15, 0.2) is 11.6 Å². The molecule has 0 radical (unpaired) electrons. The molecule has 5 heteroatoms. The van der Waals surface area contributed by atoms with E-state index in [-0.39, 0.29) is 24.2 Å². The summed E-state index contributed by atoms with van der Waals surface area (Å²) in [6, 6.07) is 4.45. The van der Waals surface area contributed by atoms with Gasteiger partial charge in [0.1, 0.15) is 0 Å². The molecular weight excluding hydrogens is 249 g/mol. The van der Waals surface area contributed by atoms with Crippen molar-refractivity contribution in [3.63, 3.8) is 0 Å². The third kappa shape index (κ3) is 5.09. The molecule has 0 aromatic heterocycles. The van der Waals surface area contributed by atoms with Gasteiger partial charge in [0.2, 0.25) is 5.91 Å². The van der Waals surface area contributed by atoms with E-state index in [0.717, 1.165) is 0 Å². The molecule has 104 valence electrons. The minimum Gasteiger partial charge on any atom is -0.494 e. The molecule has 19 heavy (non-hydrogen) atoms. The van der Waals surface area contributed by atoms with Gasteiger partial charge in [0.05, 0.1) is 7.11 Å². The predicted octanol–water partition coefficient (Wildman–Crippen LogP) is 1.59. The molecule has 0 aliphatic heterocycles. The number of amides is 1. The van der Waals surface area contributed by atoms with Crippen molar-refractivity contribution in [1.29, 1.82) is 0 Å². The standard InChI is InChI=1S/C14H18FNO3/c1-10(9-17)8-16-14(18)6-4-11-3-5-13(19-2)12(15)7-11/h3-7,10,17H,8-9H2,1-2H3,(H,16,18)/b6-4+. The van der Waals surface area contributed by atoms with Crippen molar-refractivity contribution in [2.75, 3.05) is 20.3 Å². The van der Waals surface area contributed by atoms with Crippen LogP contribution < -0.4 is 10.1 Å². The van der Waals surface area contributed by atoms with E-state index in [1.54, 1.807) is 6.07 Å². The Morgan fingerprint density at radius 3 is 2.89 bits per heavy atom. The number of hydrogen-bond donors (Lipinski definition) is 2. The fourth-order valence-corrected chi connectivity index (χ4v) is 1.36. The van der Waals surface area contributed by atoms with Gasteiger partial charge in [-0.3, -0.25) is 4.79 Å². The van der Waals surface area contributed by atoms with Crippen LogP contribution in [0, 0.1) is 11.7 Å². The number of ether oxygens (including phenoxy) is 1. The summed E-state index contributed by atoms with van der Waals surface area (Å²) >= 11 is 0. The first-order chi connectivity index (χ1) is 9.06. The molecule has 1 unspecified atom stereocenters. The summed E-state index contributed by atoms with van der Waals surface area (Å²) in [6.07, 6.45) is 2.84. The molecular formula is C14H18FNO3. The van der Waals surface area contributed by atoms with E-state index >= 15 is 0 Å². The average Bonchev–Trinajstić information content (AvgIpc) is 2.42.